The average Bonchev–Trinajstić information content (AvgIpc) is 2.67. The summed E-state index contributed by atoms with van der Waals surface area (Å²) >= 11 is 4.84. The largest absolute Gasteiger partial charge is 0.504 e. The van der Waals surface area contributed by atoms with Gasteiger partial charge in [-0.15, -0.1) is 0 Å². The summed E-state index contributed by atoms with van der Waals surface area (Å²) < 4.78 is 21.2. The first-order chi connectivity index (χ1) is 12.9. The van der Waals surface area contributed by atoms with E-state index < -0.39 is 0 Å². The molecule has 2 rings (SSSR count). The maximum Gasteiger partial charge on any atom is 0.203 e. The lowest BCUT2D eigenvalue weighted by Gasteiger charge is -2.16. The number of benzene rings is 2. The van der Waals surface area contributed by atoms with Crippen molar-refractivity contribution in [1.29, 1.82) is 0 Å². The molecule has 0 amide bonds. The maximum absolute atomic E-state index is 10.1. The van der Waals surface area contributed by atoms with Crippen LogP contribution >= 0.6 is 12.2 Å². The van der Waals surface area contributed by atoms with Gasteiger partial charge in [-0.1, -0.05) is 0 Å². The number of phenolic OH excluding ortho intramolecular Hbond substituents is 1. The third-order valence-corrected chi connectivity index (χ3v) is 3.76. The van der Waals surface area contributed by atoms with Crippen molar-refractivity contribution in [2.24, 2.45) is 10.8 Å². The fourth-order valence-electron chi connectivity index (χ4n) is 2.46. The molecule has 8 nitrogen and oxygen atoms in total. The van der Waals surface area contributed by atoms with Gasteiger partial charge in [0.25, 0.3) is 0 Å². The predicted octanol–water partition coefficient (Wildman–Crippen LogP) is 2.01. The molecule has 0 spiro atoms. The molecule has 0 aliphatic rings. The van der Waals surface area contributed by atoms with Crippen LogP contribution in [0, 0.1) is 0 Å². The summed E-state index contributed by atoms with van der Waals surface area (Å²) in [5, 5.41) is 14.4. The summed E-state index contributed by atoms with van der Waals surface area (Å²) in [4.78, 5) is 0. The summed E-state index contributed by atoms with van der Waals surface area (Å²) in [6.45, 7) is 0. The molecule has 0 heterocycles. The molecule has 0 atom stereocenters. The molecule has 0 saturated heterocycles. The Morgan fingerprint density at radius 2 is 1.52 bits per heavy atom. The van der Waals surface area contributed by atoms with E-state index in [0.29, 0.717) is 39.8 Å². The number of hydrogen-bond acceptors (Lipinski definition) is 7. The highest BCUT2D eigenvalue weighted by molar-refractivity contribution is 7.80. The Bertz CT molecular complexity index is 845. The summed E-state index contributed by atoms with van der Waals surface area (Å²) in [5.74, 6) is 1.65. The molecule has 2 aromatic carbocycles. The van der Waals surface area contributed by atoms with Crippen LogP contribution in [-0.4, -0.2) is 44.4 Å². The Hall–Kier alpha value is -3.20. The number of rotatable bonds is 7. The van der Waals surface area contributed by atoms with Crippen LogP contribution in [0.5, 0.6) is 28.7 Å². The van der Waals surface area contributed by atoms with Crippen LogP contribution in [-0.2, 0) is 0 Å². The molecule has 2 aromatic rings. The second kappa shape index (κ2) is 8.95. The van der Waals surface area contributed by atoms with Crippen molar-refractivity contribution in [3.63, 3.8) is 0 Å². The smallest absolute Gasteiger partial charge is 0.203 e. The zero-order valence-electron chi connectivity index (χ0n) is 15.4. The lowest BCUT2D eigenvalue weighted by Crippen LogP contribution is -2.26. The Morgan fingerprint density at radius 1 is 0.926 bits per heavy atom. The number of methoxy groups -OCH3 is 4. The number of phenols is 1. The average molecular weight is 391 g/mol. The van der Waals surface area contributed by atoms with Crippen LogP contribution in [0.1, 0.15) is 11.1 Å². The van der Waals surface area contributed by atoms with Crippen molar-refractivity contribution in [3.8, 4) is 28.7 Å². The van der Waals surface area contributed by atoms with Crippen molar-refractivity contribution in [2.45, 2.75) is 0 Å². The number of hydrazone groups is 1. The van der Waals surface area contributed by atoms with E-state index in [-0.39, 0.29) is 10.9 Å². The molecule has 0 aliphatic carbocycles. The van der Waals surface area contributed by atoms with Crippen LogP contribution < -0.4 is 30.1 Å². The van der Waals surface area contributed by atoms with E-state index in [1.807, 2.05) is 0 Å². The molecule has 4 N–H and O–H groups in total. The van der Waals surface area contributed by atoms with Gasteiger partial charge >= 0.3 is 0 Å². The molecular formula is C18H21N3O5S. The molecule has 0 saturated carbocycles. The first-order valence-corrected chi connectivity index (χ1v) is 8.16. The van der Waals surface area contributed by atoms with Crippen LogP contribution in [0.4, 0.5) is 0 Å². The number of nitrogens with zero attached hydrogens (tertiary/aromatic N) is 1. The first kappa shape index (κ1) is 20.1. The lowest BCUT2D eigenvalue weighted by molar-refractivity contribution is 0.324. The Morgan fingerprint density at radius 3 is 1.96 bits per heavy atom. The van der Waals surface area contributed by atoms with Gasteiger partial charge in [-0.2, -0.15) is 5.10 Å². The SMILES string of the molecule is COc1ccc(/C(=N\NC(N)=S)c2cc(OC)c(OC)c(OC)c2)cc1O. The van der Waals surface area contributed by atoms with Crippen molar-refractivity contribution < 1.29 is 24.1 Å². The molecule has 0 radical (unpaired) electrons. The second-order valence-electron chi connectivity index (χ2n) is 5.24. The van der Waals surface area contributed by atoms with Gasteiger partial charge in [-0.05, 0) is 42.5 Å². The van der Waals surface area contributed by atoms with E-state index in [0.717, 1.165) is 0 Å². The van der Waals surface area contributed by atoms with Crippen LogP contribution in [0.3, 0.4) is 0 Å². The van der Waals surface area contributed by atoms with E-state index in [9.17, 15) is 5.11 Å². The Kier molecular flexibility index (Phi) is 6.67. The number of aromatic hydroxyl groups is 1. The molecule has 0 aliphatic heterocycles. The predicted molar refractivity (Wildman–Crippen MR) is 106 cm³/mol. The highest BCUT2D eigenvalue weighted by Gasteiger charge is 2.18. The Balaban J connectivity index is 2.66. The van der Waals surface area contributed by atoms with Gasteiger partial charge in [0, 0.05) is 11.1 Å². The van der Waals surface area contributed by atoms with E-state index in [1.165, 1.54) is 34.5 Å². The number of nitrogens with two attached hydrogens (primary N) is 1. The van der Waals surface area contributed by atoms with Gasteiger partial charge < -0.3 is 29.8 Å². The minimum Gasteiger partial charge on any atom is -0.504 e. The van der Waals surface area contributed by atoms with Crippen LogP contribution in [0.25, 0.3) is 0 Å². The van der Waals surface area contributed by atoms with E-state index in [4.69, 9.17) is 36.9 Å². The second-order valence-corrected chi connectivity index (χ2v) is 5.68. The fraction of sp³-hybridized carbons (Fsp3) is 0.222. The lowest BCUT2D eigenvalue weighted by atomic mass is 10.0. The van der Waals surface area contributed by atoms with Gasteiger partial charge in [-0.3, -0.25) is 5.43 Å². The van der Waals surface area contributed by atoms with Gasteiger partial charge in [0.2, 0.25) is 5.75 Å². The summed E-state index contributed by atoms with van der Waals surface area (Å²) in [6.07, 6.45) is 0. The number of thiocarbonyl (C=S) groups is 1. The van der Waals surface area contributed by atoms with Crippen molar-refractivity contribution in [1.82, 2.24) is 5.43 Å². The monoisotopic (exact) mass is 391 g/mol. The van der Waals surface area contributed by atoms with Crippen LogP contribution in [0.15, 0.2) is 35.4 Å². The van der Waals surface area contributed by atoms with E-state index >= 15 is 0 Å². The third kappa shape index (κ3) is 4.50. The van der Waals surface area contributed by atoms with Gasteiger partial charge in [0.1, 0.15) is 0 Å². The number of ether oxygens (including phenoxy) is 4. The van der Waals surface area contributed by atoms with Crippen molar-refractivity contribution >= 4 is 23.0 Å². The topological polar surface area (TPSA) is 108 Å². The standard InChI is InChI=1S/C18H21N3O5S/c1-23-13-6-5-10(7-12(13)22)16(20-21-18(19)27)11-8-14(24-2)17(26-4)15(9-11)25-3/h5-9,22H,1-4H3,(H3,19,21,27)/b20-16+. The zero-order valence-corrected chi connectivity index (χ0v) is 16.2. The molecule has 0 bridgehead atoms. The minimum atomic E-state index is -0.0366. The summed E-state index contributed by atoms with van der Waals surface area (Å²) in [5.41, 5.74) is 9.73. The van der Waals surface area contributed by atoms with E-state index in [1.54, 1.807) is 24.3 Å². The van der Waals surface area contributed by atoms with Crippen molar-refractivity contribution in [2.75, 3.05) is 28.4 Å². The van der Waals surface area contributed by atoms with Gasteiger partial charge in [0.05, 0.1) is 34.2 Å². The highest BCUT2D eigenvalue weighted by atomic mass is 32.1. The van der Waals surface area contributed by atoms with Gasteiger partial charge in [-0.25, -0.2) is 0 Å². The fourth-order valence-corrected chi connectivity index (χ4v) is 2.51. The molecular weight excluding hydrogens is 370 g/mol. The quantitative estimate of drug-likeness (QED) is 0.374. The number of nitrogens with one attached hydrogen (secondary N) is 1. The molecule has 144 valence electrons. The van der Waals surface area contributed by atoms with Crippen molar-refractivity contribution in [3.05, 3.63) is 41.5 Å². The molecule has 9 heteroatoms. The highest BCUT2D eigenvalue weighted by Crippen LogP contribution is 2.39. The van der Waals surface area contributed by atoms with E-state index in [2.05, 4.69) is 10.5 Å². The number of hydrogen-bond donors (Lipinski definition) is 3. The maximum atomic E-state index is 10.1. The Labute approximate surface area is 162 Å². The first-order valence-electron chi connectivity index (χ1n) is 7.76. The van der Waals surface area contributed by atoms with Crippen LogP contribution in [0.2, 0.25) is 0 Å². The normalized spacial score (nSPS) is 10.9. The minimum absolute atomic E-state index is 0.00215. The molecule has 0 unspecified atom stereocenters. The van der Waals surface area contributed by atoms with Gasteiger partial charge in [0.15, 0.2) is 28.1 Å². The summed E-state index contributed by atoms with van der Waals surface area (Å²) in [6, 6.07) is 8.33. The third-order valence-electron chi connectivity index (χ3n) is 3.67. The zero-order chi connectivity index (χ0) is 20.0. The molecule has 0 aromatic heterocycles. The molecule has 27 heavy (non-hydrogen) atoms. The summed E-state index contributed by atoms with van der Waals surface area (Å²) in [7, 11) is 6.02. The molecule has 0 fully saturated rings.